The normalized spacial score (nSPS) is 18.4. The highest BCUT2D eigenvalue weighted by Gasteiger charge is 2.47. The number of pyridine rings is 1. The smallest absolute Gasteiger partial charge is 0.252 e. The average molecular weight is 513 g/mol. The van der Waals surface area contributed by atoms with Crippen LogP contribution in [0, 0.1) is 20.8 Å². The fraction of sp³-hybridized carbons (Fsp3) is 0.367. The molecule has 1 saturated heterocycles. The molecule has 37 heavy (non-hydrogen) atoms. The molecule has 1 atom stereocenters. The quantitative estimate of drug-likeness (QED) is 0.340. The molecule has 2 aromatic carbocycles. The molecule has 6 nitrogen and oxygen atoms in total. The Morgan fingerprint density at radius 1 is 1.16 bits per heavy atom. The van der Waals surface area contributed by atoms with Gasteiger partial charge in [-0.15, -0.1) is 11.3 Å². The van der Waals surface area contributed by atoms with Crippen LogP contribution in [-0.4, -0.2) is 47.0 Å². The molecule has 0 bridgehead atoms. The summed E-state index contributed by atoms with van der Waals surface area (Å²) in [4.78, 5) is 26.4. The summed E-state index contributed by atoms with van der Waals surface area (Å²) in [5, 5.41) is 5.53. The van der Waals surface area contributed by atoms with Crippen molar-refractivity contribution in [3.63, 3.8) is 0 Å². The van der Waals surface area contributed by atoms with E-state index in [4.69, 9.17) is 9.72 Å². The van der Waals surface area contributed by atoms with E-state index in [0.717, 1.165) is 74.7 Å². The van der Waals surface area contributed by atoms with Crippen molar-refractivity contribution in [3.05, 3.63) is 76.1 Å². The van der Waals surface area contributed by atoms with Crippen molar-refractivity contribution in [1.29, 1.82) is 0 Å². The van der Waals surface area contributed by atoms with E-state index in [9.17, 15) is 4.79 Å². The highest BCUT2D eigenvalue weighted by molar-refractivity contribution is 7.15. The second-order valence-corrected chi connectivity index (χ2v) is 11.8. The lowest BCUT2D eigenvalue weighted by Crippen LogP contribution is -2.48. The first-order valence-corrected chi connectivity index (χ1v) is 13.7. The van der Waals surface area contributed by atoms with Gasteiger partial charge in [0, 0.05) is 28.9 Å². The van der Waals surface area contributed by atoms with Crippen LogP contribution < -0.4 is 10.1 Å². The van der Waals surface area contributed by atoms with E-state index >= 15 is 0 Å². The number of hydrogen-bond acceptors (Lipinski definition) is 6. The van der Waals surface area contributed by atoms with Gasteiger partial charge in [-0.05, 0) is 101 Å². The molecule has 2 aromatic heterocycles. The number of likely N-dealkylation sites (tertiary alicyclic amines) is 1. The Morgan fingerprint density at radius 2 is 2.00 bits per heavy atom. The number of hydrogen-bond donors (Lipinski definition) is 1. The number of thiazole rings is 1. The number of aryl methyl sites for hydroxylation is 3. The number of likely N-dealkylation sites (N-methyl/N-ethyl adjacent to an activating group) is 1. The van der Waals surface area contributed by atoms with Crippen molar-refractivity contribution in [2.24, 2.45) is 0 Å². The van der Waals surface area contributed by atoms with Crippen LogP contribution in [0.25, 0.3) is 21.3 Å². The maximum absolute atomic E-state index is 13.7. The third kappa shape index (κ3) is 4.62. The highest BCUT2D eigenvalue weighted by Crippen LogP contribution is 2.49. The number of nitrogens with one attached hydrogen (secondary N) is 1. The topological polar surface area (TPSA) is 67.3 Å². The van der Waals surface area contributed by atoms with Gasteiger partial charge in [0.1, 0.15) is 12.4 Å². The first kappa shape index (κ1) is 24.1. The van der Waals surface area contributed by atoms with E-state index in [1.807, 2.05) is 51.2 Å². The molecule has 4 aromatic rings. The summed E-state index contributed by atoms with van der Waals surface area (Å²) in [6.07, 6.45) is 4.88. The number of aromatic nitrogens is 2. The number of benzene rings is 2. The molecule has 1 N–H and O–H groups in total. The van der Waals surface area contributed by atoms with Crippen molar-refractivity contribution in [2.45, 2.75) is 51.6 Å². The van der Waals surface area contributed by atoms with Gasteiger partial charge in [-0.3, -0.25) is 14.7 Å². The molecule has 3 heterocycles. The molecule has 1 amide bonds. The predicted octanol–water partition coefficient (Wildman–Crippen LogP) is 5.79. The van der Waals surface area contributed by atoms with Gasteiger partial charge in [-0.1, -0.05) is 12.1 Å². The Hall–Kier alpha value is -3.29. The Labute approximate surface area is 221 Å². The van der Waals surface area contributed by atoms with Crippen LogP contribution in [-0.2, 0) is 5.54 Å². The lowest BCUT2D eigenvalue weighted by molar-refractivity contribution is 0.0767. The minimum Gasteiger partial charge on any atom is -0.492 e. The molecule has 190 valence electrons. The zero-order chi connectivity index (χ0) is 25.7. The van der Waals surface area contributed by atoms with E-state index < -0.39 is 5.54 Å². The van der Waals surface area contributed by atoms with E-state index in [1.165, 1.54) is 0 Å². The average Bonchev–Trinajstić information content (AvgIpc) is 3.52. The molecule has 1 aliphatic carbocycles. The fourth-order valence-corrected chi connectivity index (χ4v) is 5.91. The second-order valence-electron chi connectivity index (χ2n) is 10.5. The van der Waals surface area contributed by atoms with Gasteiger partial charge in [0.15, 0.2) is 0 Å². The third-order valence-electron chi connectivity index (χ3n) is 7.80. The number of fused-ring (bicyclic) bond motifs is 1. The zero-order valence-electron chi connectivity index (χ0n) is 21.8. The van der Waals surface area contributed by atoms with Crippen LogP contribution >= 0.6 is 11.3 Å². The van der Waals surface area contributed by atoms with Crippen molar-refractivity contribution >= 4 is 28.1 Å². The van der Waals surface area contributed by atoms with Crippen LogP contribution in [0.4, 0.5) is 0 Å². The monoisotopic (exact) mass is 512 g/mol. The maximum atomic E-state index is 13.7. The minimum absolute atomic E-state index is 0.0616. The number of ether oxygens (including phenoxy) is 1. The molecule has 2 aliphatic rings. The van der Waals surface area contributed by atoms with Gasteiger partial charge < -0.3 is 10.1 Å². The molecule has 2 fully saturated rings. The lowest BCUT2D eigenvalue weighted by Gasteiger charge is -2.37. The van der Waals surface area contributed by atoms with Crippen molar-refractivity contribution < 1.29 is 9.53 Å². The summed E-state index contributed by atoms with van der Waals surface area (Å²) in [6, 6.07) is 14.8. The Kier molecular flexibility index (Phi) is 6.00. The van der Waals surface area contributed by atoms with E-state index in [2.05, 4.69) is 40.4 Å². The number of carbonyl (C=O) groups is 1. The summed E-state index contributed by atoms with van der Waals surface area (Å²) in [7, 11) is 2.12. The number of carbonyl (C=O) groups excluding carboxylic acids is 1. The van der Waals surface area contributed by atoms with Crippen LogP contribution in [0.1, 0.15) is 51.4 Å². The maximum Gasteiger partial charge on any atom is 0.252 e. The van der Waals surface area contributed by atoms with Gasteiger partial charge in [-0.25, -0.2) is 4.98 Å². The number of nitrogens with zero attached hydrogens (tertiary/aromatic N) is 3. The van der Waals surface area contributed by atoms with Gasteiger partial charge in [0.05, 0.1) is 20.9 Å². The summed E-state index contributed by atoms with van der Waals surface area (Å²) >= 11 is 1.68. The first-order valence-electron chi connectivity index (χ1n) is 12.9. The lowest BCUT2D eigenvalue weighted by atomic mass is 9.95. The van der Waals surface area contributed by atoms with Crippen LogP contribution in [0.2, 0.25) is 0 Å². The van der Waals surface area contributed by atoms with Crippen molar-refractivity contribution in [1.82, 2.24) is 20.2 Å². The fourth-order valence-electron chi connectivity index (χ4n) is 5.15. The van der Waals surface area contributed by atoms with E-state index in [0.29, 0.717) is 18.2 Å². The van der Waals surface area contributed by atoms with Crippen LogP contribution in [0.5, 0.6) is 5.75 Å². The van der Waals surface area contributed by atoms with Crippen molar-refractivity contribution in [3.8, 4) is 16.2 Å². The van der Waals surface area contributed by atoms with Gasteiger partial charge in [0.2, 0.25) is 0 Å². The second kappa shape index (κ2) is 9.23. The molecular weight excluding hydrogens is 480 g/mol. The summed E-state index contributed by atoms with van der Waals surface area (Å²) in [6.45, 7) is 7.77. The predicted molar refractivity (Wildman–Crippen MR) is 148 cm³/mol. The van der Waals surface area contributed by atoms with Crippen molar-refractivity contribution in [2.75, 3.05) is 20.2 Å². The minimum atomic E-state index is -0.403. The number of amides is 1. The molecule has 1 aliphatic heterocycles. The Bertz CT molecular complexity index is 1510. The summed E-state index contributed by atoms with van der Waals surface area (Å²) in [5.74, 6) is 0.682. The van der Waals surface area contributed by atoms with Gasteiger partial charge in [-0.2, -0.15) is 0 Å². The van der Waals surface area contributed by atoms with Gasteiger partial charge in [0.25, 0.3) is 5.91 Å². The summed E-state index contributed by atoms with van der Waals surface area (Å²) < 4.78 is 6.06. The van der Waals surface area contributed by atoms with E-state index in [-0.39, 0.29) is 5.91 Å². The molecule has 1 saturated carbocycles. The molecule has 7 heteroatoms. The molecule has 0 radical (unpaired) electrons. The zero-order valence-corrected chi connectivity index (χ0v) is 22.6. The number of rotatable bonds is 7. The van der Waals surface area contributed by atoms with Crippen LogP contribution in [0.15, 0.2) is 48.7 Å². The first-order chi connectivity index (χ1) is 17.8. The summed E-state index contributed by atoms with van der Waals surface area (Å²) in [5.41, 5.74) is 5.36. The Morgan fingerprint density at radius 3 is 2.68 bits per heavy atom. The largest absolute Gasteiger partial charge is 0.492 e. The molecule has 0 unspecified atom stereocenters. The standard InChI is InChI=1S/C30H32N4O2S/c1-18-5-7-23(36-17-22-9-12-34(22)4)15-25(18)29(35)33-30(10-11-30)26-13-21(28-16-31-20(3)37-28)14-27-24(26)8-6-19(2)32-27/h5-8,13-16,22H,9-12,17H2,1-4H3,(H,33,35)/t22-/m0/s1. The van der Waals surface area contributed by atoms with Gasteiger partial charge >= 0.3 is 0 Å². The van der Waals surface area contributed by atoms with Crippen LogP contribution in [0.3, 0.4) is 0 Å². The molecule has 6 rings (SSSR count). The van der Waals surface area contributed by atoms with E-state index in [1.54, 1.807) is 11.3 Å². The third-order valence-corrected chi connectivity index (χ3v) is 8.77. The SMILES string of the molecule is Cc1ccc2c(C3(NC(=O)c4cc(OC[C@@H]5CCN5C)ccc4C)CC3)cc(-c3cnc(C)s3)cc2n1. The molecule has 0 spiro atoms. The Balaban J connectivity index is 1.31. The highest BCUT2D eigenvalue weighted by atomic mass is 32.1. The molecular formula is C30H32N4O2S.